The average Bonchev–Trinajstić information content (AvgIpc) is 2.85. The fourth-order valence-electron chi connectivity index (χ4n) is 2.44. The molecule has 0 aliphatic carbocycles. The Hall–Kier alpha value is -1.16. The summed E-state index contributed by atoms with van der Waals surface area (Å²) in [5, 5.41) is 3.46. The minimum atomic E-state index is 0.175. The third kappa shape index (κ3) is 2.99. The molecular formula is C14H24N4. The molecule has 1 aliphatic rings. The van der Waals surface area contributed by atoms with Crippen molar-refractivity contribution >= 4 is 5.82 Å². The van der Waals surface area contributed by atoms with E-state index in [0.717, 1.165) is 23.8 Å². The maximum absolute atomic E-state index is 4.51. The van der Waals surface area contributed by atoms with Crippen molar-refractivity contribution in [2.24, 2.45) is 0 Å². The van der Waals surface area contributed by atoms with E-state index >= 15 is 0 Å². The molecule has 0 radical (unpaired) electrons. The first kappa shape index (κ1) is 13.3. The van der Waals surface area contributed by atoms with Gasteiger partial charge in [0.25, 0.3) is 0 Å². The lowest BCUT2D eigenvalue weighted by atomic mass is 10.0. The smallest absolute Gasteiger partial charge is 0.147 e. The van der Waals surface area contributed by atoms with Gasteiger partial charge in [-0.15, -0.1) is 0 Å². The molecule has 2 heterocycles. The summed E-state index contributed by atoms with van der Waals surface area (Å²) in [6, 6.07) is 0. The number of nitrogens with zero attached hydrogens (tertiary/aromatic N) is 3. The second-order valence-electron chi connectivity index (χ2n) is 5.81. The molecule has 4 nitrogen and oxygen atoms in total. The predicted molar refractivity (Wildman–Crippen MR) is 74.9 cm³/mol. The van der Waals surface area contributed by atoms with E-state index in [1.165, 1.54) is 25.9 Å². The topological polar surface area (TPSA) is 41.1 Å². The number of likely N-dealkylation sites (tertiary alicyclic amines) is 1. The van der Waals surface area contributed by atoms with Crippen LogP contribution in [0.25, 0.3) is 0 Å². The molecular weight excluding hydrogens is 224 g/mol. The molecule has 0 aromatic carbocycles. The van der Waals surface area contributed by atoms with Crippen LogP contribution in [-0.4, -0.2) is 40.0 Å². The van der Waals surface area contributed by atoms with Crippen LogP contribution in [0, 0.1) is 13.8 Å². The zero-order valence-electron chi connectivity index (χ0n) is 12.0. The number of hydrogen-bond acceptors (Lipinski definition) is 4. The van der Waals surface area contributed by atoms with Crippen molar-refractivity contribution < 1.29 is 0 Å². The van der Waals surface area contributed by atoms with E-state index in [1.807, 2.05) is 20.0 Å². The zero-order valence-corrected chi connectivity index (χ0v) is 12.0. The van der Waals surface area contributed by atoms with Crippen molar-refractivity contribution in [1.29, 1.82) is 0 Å². The summed E-state index contributed by atoms with van der Waals surface area (Å²) in [5.41, 5.74) is 2.11. The van der Waals surface area contributed by atoms with E-state index in [4.69, 9.17) is 0 Å². The lowest BCUT2D eigenvalue weighted by Gasteiger charge is -2.35. The first-order chi connectivity index (χ1) is 8.49. The molecule has 0 amide bonds. The summed E-state index contributed by atoms with van der Waals surface area (Å²) in [4.78, 5) is 11.4. The molecule has 4 heteroatoms. The SMILES string of the molecule is Cc1cnc(C)c(NCC(C)(C)N2CCCC2)n1. The Morgan fingerprint density at radius 2 is 1.94 bits per heavy atom. The van der Waals surface area contributed by atoms with Crippen LogP contribution in [0.2, 0.25) is 0 Å². The molecule has 0 atom stereocenters. The fourth-order valence-corrected chi connectivity index (χ4v) is 2.44. The molecule has 0 spiro atoms. The molecule has 18 heavy (non-hydrogen) atoms. The quantitative estimate of drug-likeness (QED) is 0.888. The molecule has 0 unspecified atom stereocenters. The first-order valence-electron chi connectivity index (χ1n) is 6.78. The van der Waals surface area contributed by atoms with Crippen LogP contribution < -0.4 is 5.32 Å². The zero-order chi connectivity index (χ0) is 13.2. The molecule has 1 aliphatic heterocycles. The Balaban J connectivity index is 1.99. The van der Waals surface area contributed by atoms with E-state index < -0.39 is 0 Å². The van der Waals surface area contributed by atoms with Crippen LogP contribution in [-0.2, 0) is 0 Å². The number of aryl methyl sites for hydroxylation is 2. The third-order valence-corrected chi connectivity index (χ3v) is 3.73. The minimum absolute atomic E-state index is 0.175. The molecule has 1 saturated heterocycles. The van der Waals surface area contributed by atoms with Gasteiger partial charge in [-0.05, 0) is 53.6 Å². The number of anilines is 1. The maximum atomic E-state index is 4.51. The summed E-state index contributed by atoms with van der Waals surface area (Å²) in [7, 11) is 0. The number of aromatic nitrogens is 2. The van der Waals surface area contributed by atoms with Gasteiger partial charge in [0, 0.05) is 18.3 Å². The number of hydrogen-bond donors (Lipinski definition) is 1. The van der Waals surface area contributed by atoms with Gasteiger partial charge in [0.1, 0.15) is 5.82 Å². The van der Waals surface area contributed by atoms with Gasteiger partial charge >= 0.3 is 0 Å². The standard InChI is InChI=1S/C14H24N4/c1-11-9-15-12(2)13(17-11)16-10-14(3,4)18-7-5-6-8-18/h9H,5-8,10H2,1-4H3,(H,16,17). The average molecular weight is 248 g/mol. The molecule has 1 aromatic rings. The van der Waals surface area contributed by atoms with Crippen LogP contribution in [0.3, 0.4) is 0 Å². The molecule has 0 bridgehead atoms. The Morgan fingerprint density at radius 3 is 2.61 bits per heavy atom. The van der Waals surface area contributed by atoms with E-state index in [2.05, 4.69) is 34.0 Å². The summed E-state index contributed by atoms with van der Waals surface area (Å²) in [6.07, 6.45) is 4.46. The van der Waals surface area contributed by atoms with Gasteiger partial charge in [0.15, 0.2) is 0 Å². The first-order valence-corrected chi connectivity index (χ1v) is 6.78. The van der Waals surface area contributed by atoms with Crippen molar-refractivity contribution in [3.05, 3.63) is 17.6 Å². The fraction of sp³-hybridized carbons (Fsp3) is 0.714. The molecule has 1 fully saturated rings. The van der Waals surface area contributed by atoms with Gasteiger partial charge in [-0.2, -0.15) is 0 Å². The van der Waals surface area contributed by atoms with Gasteiger partial charge in [-0.25, -0.2) is 4.98 Å². The highest BCUT2D eigenvalue weighted by atomic mass is 15.2. The Bertz CT molecular complexity index is 408. The maximum Gasteiger partial charge on any atom is 0.147 e. The highest BCUT2D eigenvalue weighted by Gasteiger charge is 2.28. The van der Waals surface area contributed by atoms with Crippen LogP contribution in [0.15, 0.2) is 6.20 Å². The van der Waals surface area contributed by atoms with Gasteiger partial charge in [-0.3, -0.25) is 9.88 Å². The summed E-state index contributed by atoms with van der Waals surface area (Å²) in [6.45, 7) is 11.9. The Morgan fingerprint density at radius 1 is 1.28 bits per heavy atom. The largest absolute Gasteiger partial charge is 0.367 e. The van der Waals surface area contributed by atoms with E-state index in [9.17, 15) is 0 Å². The van der Waals surface area contributed by atoms with E-state index in [0.29, 0.717) is 0 Å². The molecule has 0 saturated carbocycles. The summed E-state index contributed by atoms with van der Waals surface area (Å²) < 4.78 is 0. The second-order valence-corrected chi connectivity index (χ2v) is 5.81. The molecule has 100 valence electrons. The highest BCUT2D eigenvalue weighted by Crippen LogP contribution is 2.21. The number of nitrogens with one attached hydrogen (secondary N) is 1. The monoisotopic (exact) mass is 248 g/mol. The predicted octanol–water partition coefficient (Wildman–Crippen LogP) is 2.38. The van der Waals surface area contributed by atoms with Gasteiger partial charge in [0.2, 0.25) is 0 Å². The second kappa shape index (κ2) is 5.22. The van der Waals surface area contributed by atoms with Crippen molar-refractivity contribution in [2.45, 2.75) is 46.1 Å². The van der Waals surface area contributed by atoms with Crippen molar-refractivity contribution in [3.8, 4) is 0 Å². The van der Waals surface area contributed by atoms with Crippen LogP contribution in [0.5, 0.6) is 0 Å². The molecule has 1 aromatic heterocycles. The normalized spacial score (nSPS) is 17.1. The third-order valence-electron chi connectivity index (χ3n) is 3.73. The van der Waals surface area contributed by atoms with Crippen LogP contribution in [0.4, 0.5) is 5.82 Å². The van der Waals surface area contributed by atoms with Gasteiger partial charge < -0.3 is 5.32 Å². The lowest BCUT2D eigenvalue weighted by molar-refractivity contribution is 0.167. The number of rotatable bonds is 4. The molecule has 2 rings (SSSR count). The van der Waals surface area contributed by atoms with E-state index in [-0.39, 0.29) is 5.54 Å². The van der Waals surface area contributed by atoms with Crippen molar-refractivity contribution in [1.82, 2.24) is 14.9 Å². The van der Waals surface area contributed by atoms with E-state index in [1.54, 1.807) is 0 Å². The highest BCUT2D eigenvalue weighted by molar-refractivity contribution is 5.40. The van der Waals surface area contributed by atoms with Crippen molar-refractivity contribution in [3.63, 3.8) is 0 Å². The summed E-state index contributed by atoms with van der Waals surface area (Å²) >= 11 is 0. The summed E-state index contributed by atoms with van der Waals surface area (Å²) in [5.74, 6) is 0.919. The van der Waals surface area contributed by atoms with Crippen molar-refractivity contribution in [2.75, 3.05) is 25.0 Å². The van der Waals surface area contributed by atoms with Crippen LogP contribution >= 0.6 is 0 Å². The van der Waals surface area contributed by atoms with Gasteiger partial charge in [-0.1, -0.05) is 0 Å². The van der Waals surface area contributed by atoms with Gasteiger partial charge in [0.05, 0.1) is 11.4 Å². The Kier molecular flexibility index (Phi) is 3.85. The van der Waals surface area contributed by atoms with Crippen LogP contribution in [0.1, 0.15) is 38.1 Å². The Labute approximate surface area is 110 Å². The molecule has 1 N–H and O–H groups in total. The lowest BCUT2D eigenvalue weighted by Crippen LogP contribution is -2.47. The minimum Gasteiger partial charge on any atom is -0.367 e.